The molecule has 96 valence electrons. The number of hydrogen-bond acceptors (Lipinski definition) is 2. The van der Waals surface area contributed by atoms with Crippen LogP contribution in [0.15, 0.2) is 30.3 Å². The molecule has 1 atom stereocenters. The van der Waals surface area contributed by atoms with Gasteiger partial charge in [-0.1, -0.05) is 30.3 Å². The zero-order chi connectivity index (χ0) is 12.9. The number of carbonyl (C=O) groups is 1. The molecular weight excluding hydrogens is 232 g/mol. The lowest BCUT2D eigenvalue weighted by molar-refractivity contribution is -0.142. The summed E-state index contributed by atoms with van der Waals surface area (Å²) in [5.41, 5.74) is 1.30. The van der Waals surface area contributed by atoms with E-state index in [1.54, 1.807) is 0 Å². The second-order valence-electron chi connectivity index (χ2n) is 4.65. The van der Waals surface area contributed by atoms with E-state index in [9.17, 15) is 4.79 Å². The van der Waals surface area contributed by atoms with Gasteiger partial charge in [-0.2, -0.15) is 0 Å². The first-order valence-corrected chi connectivity index (χ1v) is 8.56. The van der Waals surface area contributed by atoms with Crippen LogP contribution in [0.2, 0.25) is 0 Å². The normalized spacial score (nSPS) is 14.1. The molecule has 0 saturated heterocycles. The molecule has 0 N–H and O–H groups in total. The molecule has 1 unspecified atom stereocenters. The van der Waals surface area contributed by atoms with Crippen molar-refractivity contribution in [1.82, 2.24) is 0 Å². The molecule has 0 heterocycles. The molecule has 1 aromatic rings. The highest BCUT2D eigenvalue weighted by Crippen LogP contribution is 2.48. The summed E-state index contributed by atoms with van der Waals surface area (Å²) in [6.07, 6.45) is 4.39. The molecule has 0 aliphatic rings. The van der Waals surface area contributed by atoms with Crippen LogP contribution >= 0.6 is 10.0 Å². The van der Waals surface area contributed by atoms with Crippen molar-refractivity contribution in [2.45, 2.75) is 24.9 Å². The molecule has 3 heteroatoms. The summed E-state index contributed by atoms with van der Waals surface area (Å²) >= 11 is 0. The van der Waals surface area contributed by atoms with Gasteiger partial charge >= 0.3 is 5.97 Å². The predicted octanol–water partition coefficient (Wildman–Crippen LogP) is 3.20. The second-order valence-corrected chi connectivity index (χ2v) is 8.89. The Balaban J connectivity index is 2.71. The minimum atomic E-state index is -1.01. The Hall–Kier alpha value is -0.960. The summed E-state index contributed by atoms with van der Waals surface area (Å²) in [6, 6.07) is 10.3. The van der Waals surface area contributed by atoms with Crippen molar-refractivity contribution in [3.8, 4) is 0 Å². The molecule has 0 aromatic heterocycles. The highest BCUT2D eigenvalue weighted by molar-refractivity contribution is 8.32. The number of rotatable bonds is 5. The van der Waals surface area contributed by atoms with Gasteiger partial charge in [0.25, 0.3) is 0 Å². The molecule has 0 aliphatic heterocycles. The monoisotopic (exact) mass is 254 g/mol. The van der Waals surface area contributed by atoms with Crippen molar-refractivity contribution in [2.75, 3.05) is 19.1 Å². The largest absolute Gasteiger partial charge is 0.465 e. The van der Waals surface area contributed by atoms with Crippen LogP contribution < -0.4 is 0 Å². The summed E-state index contributed by atoms with van der Waals surface area (Å²) in [5.74, 6) is 0.900. The number of esters is 1. The maximum absolute atomic E-state index is 11.8. The van der Waals surface area contributed by atoms with Crippen LogP contribution in [0.4, 0.5) is 0 Å². The second kappa shape index (κ2) is 6.10. The van der Waals surface area contributed by atoms with Crippen LogP contribution in [-0.2, 0) is 15.3 Å². The lowest BCUT2D eigenvalue weighted by Crippen LogP contribution is -2.26. The highest BCUT2D eigenvalue weighted by Gasteiger charge is 2.28. The van der Waals surface area contributed by atoms with Gasteiger partial charge in [0.15, 0.2) is 0 Å². The van der Waals surface area contributed by atoms with E-state index >= 15 is 0 Å². The summed E-state index contributed by atoms with van der Waals surface area (Å²) in [4.78, 5) is 11.8. The Bertz CT molecular complexity index is 360. The van der Waals surface area contributed by atoms with Crippen molar-refractivity contribution < 1.29 is 9.53 Å². The smallest absolute Gasteiger partial charge is 0.317 e. The topological polar surface area (TPSA) is 26.3 Å². The lowest BCUT2D eigenvalue weighted by Gasteiger charge is -2.36. The fourth-order valence-electron chi connectivity index (χ4n) is 1.65. The Morgan fingerprint density at radius 3 is 2.41 bits per heavy atom. The first kappa shape index (κ1) is 14.1. The number of carbonyl (C=O) groups excluding carboxylic acids is 1. The Morgan fingerprint density at radius 2 is 1.88 bits per heavy atom. The predicted molar refractivity (Wildman–Crippen MR) is 75.7 cm³/mol. The summed E-state index contributed by atoms with van der Waals surface area (Å²) in [6.45, 7) is 4.30. The van der Waals surface area contributed by atoms with Crippen molar-refractivity contribution in [3.05, 3.63) is 35.9 Å². The maximum atomic E-state index is 11.8. The fourth-order valence-corrected chi connectivity index (χ4v) is 3.54. The third kappa shape index (κ3) is 4.08. The van der Waals surface area contributed by atoms with Gasteiger partial charge in [0.1, 0.15) is 0 Å². The van der Waals surface area contributed by atoms with Gasteiger partial charge in [-0.3, -0.25) is 4.79 Å². The number of benzene rings is 1. The molecular formula is C14H22O2S. The Morgan fingerprint density at radius 1 is 1.29 bits per heavy atom. The van der Waals surface area contributed by atoms with E-state index in [1.807, 2.05) is 32.0 Å². The molecule has 1 rings (SSSR count). The van der Waals surface area contributed by atoms with Gasteiger partial charge in [0.2, 0.25) is 0 Å². The van der Waals surface area contributed by atoms with Crippen molar-refractivity contribution in [2.24, 2.45) is 0 Å². The number of ether oxygens (including phenoxy) is 1. The Kier molecular flexibility index (Phi) is 5.06. The maximum Gasteiger partial charge on any atom is 0.317 e. The summed E-state index contributed by atoms with van der Waals surface area (Å²) in [7, 11) is -1.01. The van der Waals surface area contributed by atoms with Gasteiger partial charge in [-0.25, -0.2) is 10.0 Å². The summed E-state index contributed by atoms with van der Waals surface area (Å²) in [5, 5.41) is -0.0114. The van der Waals surface area contributed by atoms with Gasteiger partial charge in [0, 0.05) is 5.75 Å². The average Bonchev–Trinajstić information content (AvgIpc) is 2.29. The Labute approximate surface area is 106 Å². The molecule has 0 radical (unpaired) electrons. The molecule has 0 fully saturated rings. The van der Waals surface area contributed by atoms with E-state index in [0.29, 0.717) is 6.61 Å². The van der Waals surface area contributed by atoms with E-state index in [0.717, 1.165) is 5.75 Å². The highest BCUT2D eigenvalue weighted by atomic mass is 32.3. The van der Waals surface area contributed by atoms with Crippen molar-refractivity contribution in [3.63, 3.8) is 0 Å². The third-order valence-corrected chi connectivity index (χ3v) is 6.14. The molecule has 0 spiro atoms. The van der Waals surface area contributed by atoms with Crippen LogP contribution in [-0.4, -0.2) is 30.3 Å². The minimum Gasteiger partial charge on any atom is -0.465 e. The molecule has 0 aliphatic carbocycles. The van der Waals surface area contributed by atoms with Crippen molar-refractivity contribution >= 4 is 16.0 Å². The molecule has 2 nitrogen and oxygen atoms in total. The van der Waals surface area contributed by atoms with E-state index < -0.39 is 10.0 Å². The van der Waals surface area contributed by atoms with Crippen molar-refractivity contribution in [1.29, 1.82) is 0 Å². The quantitative estimate of drug-likeness (QED) is 0.754. The molecule has 1 aromatic carbocycles. The lowest BCUT2D eigenvalue weighted by atomic mass is 10.2. The standard InChI is InChI=1S/C14H22O2S/c1-5-16-14(15)12(2)17(3,4)11-13-9-7-6-8-10-13/h6-10,12H,5,11H2,1-4H3. The van der Waals surface area contributed by atoms with E-state index in [2.05, 4.69) is 24.6 Å². The fraction of sp³-hybridized carbons (Fsp3) is 0.500. The molecule has 17 heavy (non-hydrogen) atoms. The molecule has 0 amide bonds. The van der Waals surface area contributed by atoms with Crippen LogP contribution in [0.5, 0.6) is 0 Å². The van der Waals surface area contributed by atoms with E-state index in [1.165, 1.54) is 5.56 Å². The summed E-state index contributed by atoms with van der Waals surface area (Å²) < 4.78 is 5.11. The number of hydrogen-bond donors (Lipinski definition) is 0. The minimum absolute atomic E-state index is 0.0114. The van der Waals surface area contributed by atoms with Crippen LogP contribution in [0.25, 0.3) is 0 Å². The van der Waals surface area contributed by atoms with Gasteiger partial charge in [-0.05, 0) is 31.9 Å². The third-order valence-electron chi connectivity index (χ3n) is 2.96. The van der Waals surface area contributed by atoms with Crippen LogP contribution in [0.3, 0.4) is 0 Å². The van der Waals surface area contributed by atoms with E-state index in [-0.39, 0.29) is 11.2 Å². The first-order valence-electron chi connectivity index (χ1n) is 5.88. The van der Waals surface area contributed by atoms with Crippen LogP contribution in [0.1, 0.15) is 19.4 Å². The zero-order valence-corrected chi connectivity index (χ0v) is 11.9. The van der Waals surface area contributed by atoms with Gasteiger partial charge in [-0.15, -0.1) is 0 Å². The van der Waals surface area contributed by atoms with Gasteiger partial charge < -0.3 is 4.74 Å². The van der Waals surface area contributed by atoms with Crippen LogP contribution in [0, 0.1) is 0 Å². The SMILES string of the molecule is CCOC(=O)C(C)S(C)(C)Cc1ccccc1. The van der Waals surface area contributed by atoms with E-state index in [4.69, 9.17) is 4.74 Å². The molecule has 0 bridgehead atoms. The average molecular weight is 254 g/mol. The zero-order valence-electron chi connectivity index (χ0n) is 11.1. The molecule has 0 saturated carbocycles. The van der Waals surface area contributed by atoms with Gasteiger partial charge in [0.05, 0.1) is 11.9 Å². The first-order chi connectivity index (χ1) is 7.97.